The lowest BCUT2D eigenvalue weighted by Gasteiger charge is -2.63. The Morgan fingerprint density at radius 2 is 1.86 bits per heavy atom. The molecule has 0 spiro atoms. The first kappa shape index (κ1) is 28.0. The van der Waals surface area contributed by atoms with Crippen LogP contribution >= 0.6 is 11.8 Å². The molecule has 3 saturated carbocycles. The van der Waals surface area contributed by atoms with Gasteiger partial charge >= 0.3 is 5.97 Å². The normalized spacial score (nSPS) is 44.3. The van der Waals surface area contributed by atoms with Gasteiger partial charge in [0.25, 0.3) is 5.24 Å². The van der Waals surface area contributed by atoms with Gasteiger partial charge in [0.2, 0.25) is 5.12 Å². The molecule has 4 aliphatic carbocycles. The van der Waals surface area contributed by atoms with Gasteiger partial charge in [-0.1, -0.05) is 26.8 Å². The summed E-state index contributed by atoms with van der Waals surface area (Å²) in [5.41, 5.74) is -6.94. The number of rotatable bonds is 3. The molecule has 37 heavy (non-hydrogen) atoms. The second-order valence-electron chi connectivity index (χ2n) is 11.6. The van der Waals surface area contributed by atoms with Gasteiger partial charge in [0, 0.05) is 54.9 Å². The Kier molecular flexibility index (Phi) is 6.80. The second-order valence-corrected chi connectivity index (χ2v) is 12.5. The number of alkyl halides is 2. The van der Waals surface area contributed by atoms with Crippen molar-refractivity contribution >= 4 is 33.9 Å². The van der Waals surface area contributed by atoms with Crippen molar-refractivity contribution in [2.24, 2.45) is 28.6 Å². The molecule has 1 N–H and O–H groups in total. The van der Waals surface area contributed by atoms with Crippen LogP contribution in [0.4, 0.5) is 13.6 Å². The van der Waals surface area contributed by atoms with Crippen LogP contribution in [0.1, 0.15) is 53.4 Å². The number of ether oxygens (including phenoxy) is 1. The molecule has 0 aliphatic heterocycles. The minimum Gasteiger partial charge on any atom is -0.449 e. The number of hydrogen-bond acceptors (Lipinski definition) is 7. The SMILES string of the molecule is CCC(=O)O[C@]1(C(=O)SC(=O)N(C)C)[C@H](C)CC2C3C[C@H](F)C4=CC(=O)C=C[C@]4(C)[C@@]3(F)[C@@H](O)C[C@@]21C. The van der Waals surface area contributed by atoms with Gasteiger partial charge in [-0.3, -0.25) is 19.2 Å². The highest BCUT2D eigenvalue weighted by molar-refractivity contribution is 8.26. The van der Waals surface area contributed by atoms with E-state index in [2.05, 4.69) is 0 Å². The molecule has 1 amide bonds. The molecular weight excluding hydrogens is 504 g/mol. The number of carbonyl (C=O) groups is 4. The van der Waals surface area contributed by atoms with Gasteiger partial charge in [-0.15, -0.1) is 0 Å². The maximum Gasteiger partial charge on any atom is 0.306 e. The zero-order valence-corrected chi connectivity index (χ0v) is 22.9. The summed E-state index contributed by atoms with van der Waals surface area (Å²) < 4.78 is 39.0. The van der Waals surface area contributed by atoms with Crippen LogP contribution in [0.25, 0.3) is 0 Å². The number of aliphatic hydroxyl groups excluding tert-OH is 1. The lowest BCUT2D eigenvalue weighted by atomic mass is 9.44. The van der Waals surface area contributed by atoms with Crippen LogP contribution in [0.3, 0.4) is 0 Å². The Bertz CT molecular complexity index is 1110. The molecule has 3 fully saturated rings. The summed E-state index contributed by atoms with van der Waals surface area (Å²) in [6.07, 6.45) is 0.118. The fourth-order valence-electron chi connectivity index (χ4n) is 7.72. The molecule has 10 heteroatoms. The van der Waals surface area contributed by atoms with Crippen molar-refractivity contribution in [3.05, 3.63) is 23.8 Å². The first-order valence-corrected chi connectivity index (χ1v) is 13.5. The molecule has 204 valence electrons. The van der Waals surface area contributed by atoms with Gasteiger partial charge in [0.1, 0.15) is 6.17 Å². The van der Waals surface area contributed by atoms with E-state index in [9.17, 15) is 24.3 Å². The number of ketones is 1. The van der Waals surface area contributed by atoms with Gasteiger partial charge in [0.15, 0.2) is 17.1 Å². The number of allylic oxidation sites excluding steroid dienone is 4. The minimum atomic E-state index is -2.32. The van der Waals surface area contributed by atoms with Crippen molar-refractivity contribution in [1.82, 2.24) is 4.90 Å². The van der Waals surface area contributed by atoms with Crippen molar-refractivity contribution < 1.29 is 37.8 Å². The van der Waals surface area contributed by atoms with E-state index in [1.54, 1.807) is 20.8 Å². The van der Waals surface area contributed by atoms with Crippen molar-refractivity contribution in [1.29, 1.82) is 0 Å². The molecule has 0 heterocycles. The standard InChI is InChI=1S/C27H35F2NO6S/c1-7-21(33)36-27(22(34)37-23(35)30(5)6)14(2)10-16-17-12-19(28)18-11-15(31)8-9-24(18,3)26(17,29)20(32)13-25(16,27)4/h8-9,11,14,16-17,19-20,32H,7,10,12-13H2,1-6H3/t14-,16?,17?,19+,20+,24+,25+,26+,27+/m1/s1. The number of nitrogens with zero attached hydrogens (tertiary/aromatic N) is 1. The highest BCUT2D eigenvalue weighted by Gasteiger charge is 2.78. The van der Waals surface area contributed by atoms with Gasteiger partial charge in [0.05, 0.1) is 6.10 Å². The number of amides is 1. The summed E-state index contributed by atoms with van der Waals surface area (Å²) in [4.78, 5) is 52.3. The van der Waals surface area contributed by atoms with Crippen LogP contribution in [0.5, 0.6) is 0 Å². The average molecular weight is 540 g/mol. The maximum absolute atomic E-state index is 17.4. The van der Waals surface area contributed by atoms with Crippen LogP contribution in [-0.2, 0) is 19.1 Å². The van der Waals surface area contributed by atoms with E-state index in [4.69, 9.17) is 4.74 Å². The molecular formula is C27H35F2NO6S. The summed E-state index contributed by atoms with van der Waals surface area (Å²) in [6.45, 7) is 6.50. The molecule has 0 aromatic rings. The summed E-state index contributed by atoms with van der Waals surface area (Å²) in [6, 6.07) is 0. The molecule has 7 nitrogen and oxygen atoms in total. The highest BCUT2D eigenvalue weighted by atomic mass is 32.2. The number of halogens is 2. The van der Waals surface area contributed by atoms with Crippen molar-refractivity contribution in [3.8, 4) is 0 Å². The van der Waals surface area contributed by atoms with E-state index in [0.29, 0.717) is 11.8 Å². The minimum absolute atomic E-state index is 0.0133. The van der Waals surface area contributed by atoms with E-state index in [-0.39, 0.29) is 31.3 Å². The predicted octanol–water partition coefficient (Wildman–Crippen LogP) is 4.18. The Balaban J connectivity index is 1.86. The predicted molar refractivity (Wildman–Crippen MR) is 134 cm³/mol. The summed E-state index contributed by atoms with van der Waals surface area (Å²) in [5, 5.41) is 10.3. The Morgan fingerprint density at radius 1 is 1.22 bits per heavy atom. The second kappa shape index (κ2) is 9.00. The Hall–Kier alpha value is -2.07. The zero-order chi connectivity index (χ0) is 27.7. The summed E-state index contributed by atoms with van der Waals surface area (Å²) >= 11 is 0.426. The molecule has 2 unspecified atom stereocenters. The quantitative estimate of drug-likeness (QED) is 0.537. The number of hydrogen-bond donors (Lipinski definition) is 1. The molecule has 0 aromatic carbocycles. The van der Waals surface area contributed by atoms with E-state index in [0.717, 1.165) is 6.08 Å². The third-order valence-electron chi connectivity index (χ3n) is 9.58. The van der Waals surface area contributed by atoms with Crippen molar-refractivity contribution in [2.75, 3.05) is 14.1 Å². The third-order valence-corrected chi connectivity index (χ3v) is 10.6. The fourth-order valence-corrected chi connectivity index (χ4v) is 8.68. The van der Waals surface area contributed by atoms with Gasteiger partial charge in [-0.2, -0.15) is 0 Å². The van der Waals surface area contributed by atoms with Crippen LogP contribution in [-0.4, -0.2) is 69.8 Å². The monoisotopic (exact) mass is 539 g/mol. The molecule has 0 saturated heterocycles. The van der Waals surface area contributed by atoms with Crippen LogP contribution in [0.2, 0.25) is 0 Å². The van der Waals surface area contributed by atoms with Gasteiger partial charge in [-0.25, -0.2) is 8.78 Å². The van der Waals surface area contributed by atoms with E-state index < -0.39 is 74.2 Å². The maximum atomic E-state index is 17.4. The number of carbonyl (C=O) groups excluding carboxylic acids is 4. The lowest BCUT2D eigenvalue weighted by molar-refractivity contribution is -0.228. The summed E-state index contributed by atoms with van der Waals surface area (Å²) in [5.74, 6) is -3.36. The first-order valence-electron chi connectivity index (χ1n) is 12.7. The lowest BCUT2D eigenvalue weighted by Crippen LogP contribution is -2.70. The third kappa shape index (κ3) is 3.61. The average Bonchev–Trinajstić information content (AvgIpc) is 3.04. The number of thioether (sulfide) groups is 1. The van der Waals surface area contributed by atoms with E-state index in [1.165, 1.54) is 38.1 Å². The summed E-state index contributed by atoms with van der Waals surface area (Å²) in [7, 11) is 2.99. The number of esters is 1. The zero-order valence-electron chi connectivity index (χ0n) is 22.0. The Labute approximate surface area is 220 Å². The molecule has 9 atom stereocenters. The molecule has 0 bridgehead atoms. The van der Waals surface area contributed by atoms with Crippen LogP contribution in [0.15, 0.2) is 23.8 Å². The number of fused-ring (bicyclic) bond motifs is 5. The molecule has 4 rings (SSSR count). The first-order chi connectivity index (χ1) is 17.1. The number of aliphatic hydroxyl groups is 1. The van der Waals surface area contributed by atoms with Crippen molar-refractivity contribution in [2.45, 2.75) is 76.9 Å². The fraction of sp³-hybridized carbons (Fsp3) is 0.704. The largest absolute Gasteiger partial charge is 0.449 e. The smallest absolute Gasteiger partial charge is 0.306 e. The topological polar surface area (TPSA) is 101 Å². The van der Waals surface area contributed by atoms with E-state index in [1.807, 2.05) is 0 Å². The molecule has 4 aliphatic rings. The highest BCUT2D eigenvalue weighted by Crippen LogP contribution is 2.72. The van der Waals surface area contributed by atoms with Crippen LogP contribution in [0, 0.1) is 28.6 Å². The van der Waals surface area contributed by atoms with E-state index >= 15 is 8.78 Å². The van der Waals surface area contributed by atoms with Gasteiger partial charge < -0.3 is 14.7 Å². The van der Waals surface area contributed by atoms with Crippen molar-refractivity contribution in [3.63, 3.8) is 0 Å². The van der Waals surface area contributed by atoms with Gasteiger partial charge in [-0.05, 0) is 49.8 Å². The van der Waals surface area contributed by atoms with Crippen LogP contribution < -0.4 is 0 Å². The molecule has 0 radical (unpaired) electrons. The molecule has 0 aromatic heterocycles. The Morgan fingerprint density at radius 3 is 2.46 bits per heavy atom.